The summed E-state index contributed by atoms with van der Waals surface area (Å²) in [4.78, 5) is 2.29. The molecule has 0 aliphatic rings. The Morgan fingerprint density at radius 3 is 2.17 bits per heavy atom. The van der Waals surface area contributed by atoms with Gasteiger partial charge in [0.2, 0.25) is 0 Å². The van der Waals surface area contributed by atoms with E-state index < -0.39 is 0 Å². The van der Waals surface area contributed by atoms with Crippen molar-refractivity contribution in [3.63, 3.8) is 0 Å². The Hall–Kier alpha value is -0.0800. The summed E-state index contributed by atoms with van der Waals surface area (Å²) >= 11 is 0. The maximum absolute atomic E-state index is 5.73. The van der Waals surface area contributed by atoms with Crippen molar-refractivity contribution in [2.24, 2.45) is 0 Å². The standard InChI is InChI=1S/C10H23NO/c1-6-10(12-9(3)4)8-11(5)7-2/h9-10H,6-8H2,1-5H3. The quantitative estimate of drug-likeness (QED) is 0.610. The van der Waals surface area contributed by atoms with Gasteiger partial charge in [0.05, 0.1) is 12.2 Å². The van der Waals surface area contributed by atoms with E-state index in [-0.39, 0.29) is 0 Å². The molecular weight excluding hydrogens is 150 g/mol. The minimum Gasteiger partial charge on any atom is -0.374 e. The molecule has 1 unspecified atom stereocenters. The van der Waals surface area contributed by atoms with Crippen LogP contribution in [0.1, 0.15) is 34.1 Å². The van der Waals surface area contributed by atoms with Crippen molar-refractivity contribution >= 4 is 0 Å². The second-order valence-corrected chi connectivity index (χ2v) is 3.57. The zero-order valence-electron chi connectivity index (χ0n) is 9.13. The van der Waals surface area contributed by atoms with Gasteiger partial charge in [0.15, 0.2) is 0 Å². The van der Waals surface area contributed by atoms with E-state index >= 15 is 0 Å². The van der Waals surface area contributed by atoms with Gasteiger partial charge < -0.3 is 9.64 Å². The Balaban J connectivity index is 3.66. The Labute approximate surface area is 76.9 Å². The van der Waals surface area contributed by atoms with Gasteiger partial charge in [-0.05, 0) is 33.9 Å². The molecule has 0 heterocycles. The van der Waals surface area contributed by atoms with E-state index in [9.17, 15) is 0 Å². The molecule has 12 heavy (non-hydrogen) atoms. The Morgan fingerprint density at radius 2 is 1.83 bits per heavy atom. The van der Waals surface area contributed by atoms with E-state index in [1.54, 1.807) is 0 Å². The largest absolute Gasteiger partial charge is 0.374 e. The molecule has 0 bridgehead atoms. The first-order valence-electron chi connectivity index (χ1n) is 4.94. The number of likely N-dealkylation sites (N-methyl/N-ethyl adjacent to an activating group) is 1. The van der Waals surface area contributed by atoms with Crippen molar-refractivity contribution < 1.29 is 4.74 Å². The number of nitrogens with zero attached hydrogens (tertiary/aromatic N) is 1. The summed E-state index contributed by atoms with van der Waals surface area (Å²) in [5.74, 6) is 0. The first-order valence-corrected chi connectivity index (χ1v) is 4.94. The molecule has 0 aromatic rings. The van der Waals surface area contributed by atoms with Gasteiger partial charge in [-0.25, -0.2) is 0 Å². The number of ether oxygens (including phenoxy) is 1. The van der Waals surface area contributed by atoms with Crippen molar-refractivity contribution in [1.29, 1.82) is 0 Å². The third kappa shape index (κ3) is 5.56. The SMILES string of the molecule is CCC(CN(C)CC)OC(C)C. The Morgan fingerprint density at radius 1 is 1.25 bits per heavy atom. The smallest absolute Gasteiger partial charge is 0.0702 e. The van der Waals surface area contributed by atoms with Crippen LogP contribution in [-0.4, -0.2) is 37.2 Å². The van der Waals surface area contributed by atoms with Gasteiger partial charge in [-0.2, -0.15) is 0 Å². The van der Waals surface area contributed by atoms with Crippen LogP contribution in [0, 0.1) is 0 Å². The lowest BCUT2D eigenvalue weighted by molar-refractivity contribution is -0.00920. The molecule has 0 N–H and O–H groups in total. The first-order chi connectivity index (χ1) is 5.60. The van der Waals surface area contributed by atoms with E-state index in [1.165, 1.54) is 0 Å². The molecule has 0 aliphatic carbocycles. The number of rotatable bonds is 6. The molecule has 0 radical (unpaired) electrons. The van der Waals surface area contributed by atoms with E-state index in [4.69, 9.17) is 4.74 Å². The zero-order valence-corrected chi connectivity index (χ0v) is 9.13. The molecule has 0 aromatic carbocycles. The highest BCUT2D eigenvalue weighted by Crippen LogP contribution is 2.03. The lowest BCUT2D eigenvalue weighted by atomic mass is 10.2. The molecule has 0 spiro atoms. The first kappa shape index (κ1) is 11.9. The fourth-order valence-electron chi connectivity index (χ4n) is 1.13. The topological polar surface area (TPSA) is 12.5 Å². The fraction of sp³-hybridized carbons (Fsp3) is 1.00. The van der Waals surface area contributed by atoms with Crippen molar-refractivity contribution in [2.45, 2.75) is 46.3 Å². The van der Waals surface area contributed by atoms with Crippen molar-refractivity contribution in [2.75, 3.05) is 20.1 Å². The van der Waals surface area contributed by atoms with Gasteiger partial charge >= 0.3 is 0 Å². The average molecular weight is 173 g/mol. The van der Waals surface area contributed by atoms with Crippen LogP contribution in [-0.2, 0) is 4.74 Å². The third-order valence-corrected chi connectivity index (χ3v) is 1.98. The molecule has 0 saturated heterocycles. The highest BCUT2D eigenvalue weighted by atomic mass is 16.5. The van der Waals surface area contributed by atoms with Gasteiger partial charge in [0, 0.05) is 6.54 Å². The molecular formula is C10H23NO. The summed E-state index contributed by atoms with van der Waals surface area (Å²) in [6, 6.07) is 0. The lowest BCUT2D eigenvalue weighted by Crippen LogP contribution is -2.32. The van der Waals surface area contributed by atoms with Gasteiger partial charge in [0.25, 0.3) is 0 Å². The molecule has 0 rings (SSSR count). The zero-order chi connectivity index (χ0) is 9.56. The van der Waals surface area contributed by atoms with E-state index in [1.807, 2.05) is 0 Å². The van der Waals surface area contributed by atoms with Crippen molar-refractivity contribution in [3.8, 4) is 0 Å². The van der Waals surface area contributed by atoms with Gasteiger partial charge in [-0.3, -0.25) is 0 Å². The van der Waals surface area contributed by atoms with Crippen LogP contribution in [0.4, 0.5) is 0 Å². The van der Waals surface area contributed by atoms with Crippen LogP contribution in [0.5, 0.6) is 0 Å². The predicted molar refractivity (Wildman–Crippen MR) is 53.5 cm³/mol. The van der Waals surface area contributed by atoms with E-state index in [0.717, 1.165) is 19.5 Å². The molecule has 0 fully saturated rings. The van der Waals surface area contributed by atoms with Gasteiger partial charge in [0.1, 0.15) is 0 Å². The van der Waals surface area contributed by atoms with E-state index in [0.29, 0.717) is 12.2 Å². The maximum Gasteiger partial charge on any atom is 0.0702 e. The summed E-state index contributed by atoms with van der Waals surface area (Å²) in [5, 5.41) is 0. The summed E-state index contributed by atoms with van der Waals surface area (Å²) in [6.45, 7) is 10.7. The molecule has 2 nitrogen and oxygen atoms in total. The molecule has 1 atom stereocenters. The number of hydrogen-bond acceptors (Lipinski definition) is 2. The second kappa shape index (κ2) is 6.44. The van der Waals surface area contributed by atoms with Crippen LogP contribution in [0.25, 0.3) is 0 Å². The van der Waals surface area contributed by atoms with Crippen LogP contribution < -0.4 is 0 Å². The van der Waals surface area contributed by atoms with Crippen molar-refractivity contribution in [1.82, 2.24) is 4.90 Å². The third-order valence-electron chi connectivity index (χ3n) is 1.98. The molecule has 0 aromatic heterocycles. The average Bonchev–Trinajstić information content (AvgIpc) is 2.02. The summed E-state index contributed by atoms with van der Waals surface area (Å²) < 4.78 is 5.73. The molecule has 0 aliphatic heterocycles. The molecule has 0 saturated carbocycles. The Bertz CT molecular complexity index is 104. The van der Waals surface area contributed by atoms with Crippen LogP contribution in [0.15, 0.2) is 0 Å². The monoisotopic (exact) mass is 173 g/mol. The summed E-state index contributed by atoms with van der Waals surface area (Å²) in [6.07, 6.45) is 1.85. The lowest BCUT2D eigenvalue weighted by Gasteiger charge is -2.23. The highest BCUT2D eigenvalue weighted by molar-refractivity contribution is 4.61. The fourth-order valence-corrected chi connectivity index (χ4v) is 1.13. The van der Waals surface area contributed by atoms with Gasteiger partial charge in [-0.15, -0.1) is 0 Å². The second-order valence-electron chi connectivity index (χ2n) is 3.57. The summed E-state index contributed by atoms with van der Waals surface area (Å²) in [7, 11) is 2.13. The predicted octanol–water partition coefficient (Wildman–Crippen LogP) is 2.14. The molecule has 2 heteroatoms. The maximum atomic E-state index is 5.73. The van der Waals surface area contributed by atoms with Crippen LogP contribution >= 0.6 is 0 Å². The Kier molecular flexibility index (Phi) is 6.39. The van der Waals surface area contributed by atoms with Crippen LogP contribution in [0.3, 0.4) is 0 Å². The summed E-state index contributed by atoms with van der Waals surface area (Å²) in [5.41, 5.74) is 0. The molecule has 0 amide bonds. The highest BCUT2D eigenvalue weighted by Gasteiger charge is 2.10. The molecule has 74 valence electrons. The minimum absolute atomic E-state index is 0.347. The van der Waals surface area contributed by atoms with E-state index in [2.05, 4.69) is 39.6 Å². The minimum atomic E-state index is 0.347. The van der Waals surface area contributed by atoms with Crippen molar-refractivity contribution in [3.05, 3.63) is 0 Å². The van der Waals surface area contributed by atoms with Gasteiger partial charge in [-0.1, -0.05) is 13.8 Å². The normalized spacial score (nSPS) is 14.2. The van der Waals surface area contributed by atoms with Crippen LogP contribution in [0.2, 0.25) is 0 Å². The number of hydrogen-bond donors (Lipinski definition) is 0.